The summed E-state index contributed by atoms with van der Waals surface area (Å²) in [6.07, 6.45) is 0.934. The second-order valence-electron chi connectivity index (χ2n) is 5.38. The lowest BCUT2D eigenvalue weighted by Crippen LogP contribution is -2.32. The molecule has 0 saturated heterocycles. The average Bonchev–Trinajstić information content (AvgIpc) is 2.94. The Morgan fingerprint density at radius 1 is 1.12 bits per heavy atom. The highest BCUT2D eigenvalue weighted by molar-refractivity contribution is 6.31. The van der Waals surface area contributed by atoms with Crippen LogP contribution in [0, 0.1) is 17.7 Å². The van der Waals surface area contributed by atoms with Gasteiger partial charge in [0.15, 0.2) is 11.4 Å². The number of benzene rings is 2. The number of halogens is 5. The number of nitrogens with zero attached hydrogens (tertiary/aromatic N) is 2. The standard InChI is InChI=1S/C17H11ClF4N2/c1-24(7-6-15(23-24)17(21)22)16-9-11(19)3-4-12(16)10-2-5-14(20)13(18)8-10/h2-5,7-9,17H,1H3/q+1. The summed E-state index contributed by atoms with van der Waals surface area (Å²) in [6, 6.07) is 7.95. The predicted octanol–water partition coefficient (Wildman–Crippen LogP) is 5.17. The minimum absolute atomic E-state index is 0.0919. The van der Waals surface area contributed by atoms with Crippen LogP contribution in [0.2, 0.25) is 5.02 Å². The zero-order valence-corrected chi connectivity index (χ0v) is 13.2. The van der Waals surface area contributed by atoms with Gasteiger partial charge in [0.25, 0.3) is 6.43 Å². The first kappa shape index (κ1) is 16.7. The molecule has 0 aromatic heterocycles. The summed E-state index contributed by atoms with van der Waals surface area (Å²) in [5.41, 5.74) is 0.814. The van der Waals surface area contributed by atoms with E-state index in [9.17, 15) is 17.6 Å². The van der Waals surface area contributed by atoms with Crippen molar-refractivity contribution in [1.82, 2.24) is 4.59 Å². The van der Waals surface area contributed by atoms with Gasteiger partial charge in [-0.1, -0.05) is 22.8 Å². The summed E-state index contributed by atoms with van der Waals surface area (Å²) in [5, 5.41) is 3.83. The normalized spacial score (nSPS) is 19.9. The molecule has 1 unspecified atom stereocenters. The Hall–Kier alpha value is -2.18. The Morgan fingerprint density at radius 2 is 1.88 bits per heavy atom. The van der Waals surface area contributed by atoms with Crippen LogP contribution < -0.4 is 4.59 Å². The molecule has 2 nitrogen and oxygen atoms in total. The van der Waals surface area contributed by atoms with Gasteiger partial charge in [-0.15, -0.1) is 4.59 Å². The molecule has 2 aromatic carbocycles. The predicted molar refractivity (Wildman–Crippen MR) is 85.8 cm³/mol. The lowest BCUT2D eigenvalue weighted by molar-refractivity contribution is 0.225. The smallest absolute Gasteiger partial charge is 0.207 e. The van der Waals surface area contributed by atoms with E-state index >= 15 is 0 Å². The maximum absolute atomic E-state index is 13.8. The van der Waals surface area contributed by atoms with Gasteiger partial charge in [-0.05, 0) is 29.8 Å². The molecule has 0 aliphatic carbocycles. The maximum atomic E-state index is 13.8. The van der Waals surface area contributed by atoms with Crippen molar-refractivity contribution in [2.75, 3.05) is 7.05 Å². The largest absolute Gasteiger partial charge is 0.286 e. The summed E-state index contributed by atoms with van der Waals surface area (Å²) < 4.78 is 52.4. The zero-order valence-electron chi connectivity index (χ0n) is 12.4. The van der Waals surface area contributed by atoms with Crippen molar-refractivity contribution >= 4 is 23.0 Å². The molecule has 1 heterocycles. The van der Waals surface area contributed by atoms with Gasteiger partial charge in [0.05, 0.1) is 11.1 Å². The number of hydrogen-bond acceptors (Lipinski definition) is 1. The second-order valence-corrected chi connectivity index (χ2v) is 5.78. The van der Waals surface area contributed by atoms with Crippen LogP contribution in [0.1, 0.15) is 0 Å². The van der Waals surface area contributed by atoms with Crippen LogP contribution in [0.5, 0.6) is 0 Å². The third kappa shape index (κ3) is 2.95. The van der Waals surface area contributed by atoms with Gasteiger partial charge in [0, 0.05) is 11.6 Å². The van der Waals surface area contributed by atoms with E-state index in [4.69, 9.17) is 11.6 Å². The minimum Gasteiger partial charge on any atom is -0.207 e. The summed E-state index contributed by atoms with van der Waals surface area (Å²) in [6.45, 7) is 0. The van der Waals surface area contributed by atoms with Gasteiger partial charge in [0.1, 0.15) is 24.9 Å². The van der Waals surface area contributed by atoms with Gasteiger partial charge in [-0.2, -0.15) is 0 Å². The molecule has 24 heavy (non-hydrogen) atoms. The SMILES string of the molecule is C[N+]1(c2cc(F)ccc2-c2ccc(F)c(Cl)c2)C=[C]C(C(F)F)=N1. The van der Waals surface area contributed by atoms with E-state index in [0.717, 1.165) is 0 Å². The second kappa shape index (κ2) is 6.03. The van der Waals surface area contributed by atoms with Crippen LogP contribution in [-0.4, -0.2) is 19.2 Å². The van der Waals surface area contributed by atoms with E-state index < -0.39 is 28.4 Å². The van der Waals surface area contributed by atoms with Crippen molar-refractivity contribution in [3.05, 3.63) is 65.3 Å². The van der Waals surface area contributed by atoms with Gasteiger partial charge in [-0.25, -0.2) is 17.6 Å². The van der Waals surface area contributed by atoms with Crippen molar-refractivity contribution < 1.29 is 17.6 Å². The van der Waals surface area contributed by atoms with Gasteiger partial charge >= 0.3 is 0 Å². The van der Waals surface area contributed by atoms with Crippen LogP contribution in [0.25, 0.3) is 11.1 Å². The molecule has 1 aliphatic heterocycles. The van der Waals surface area contributed by atoms with E-state index in [1.807, 2.05) is 0 Å². The molecule has 7 heteroatoms. The Balaban J connectivity index is 2.17. The Kier molecular flexibility index (Phi) is 4.19. The van der Waals surface area contributed by atoms with Crippen molar-refractivity contribution in [3.63, 3.8) is 0 Å². The van der Waals surface area contributed by atoms with Crippen LogP contribution in [0.15, 0.2) is 47.7 Å². The fourth-order valence-corrected chi connectivity index (χ4v) is 2.67. The molecule has 0 fully saturated rings. The summed E-state index contributed by atoms with van der Waals surface area (Å²) in [7, 11) is 1.52. The van der Waals surface area contributed by atoms with Crippen molar-refractivity contribution in [2.45, 2.75) is 6.43 Å². The van der Waals surface area contributed by atoms with Crippen LogP contribution in [0.3, 0.4) is 0 Å². The van der Waals surface area contributed by atoms with Gasteiger partial charge in [0.2, 0.25) is 0 Å². The third-order valence-corrected chi connectivity index (χ3v) is 3.95. The number of quaternary nitrogens is 1. The number of alkyl halides is 2. The molecule has 1 atom stereocenters. The molecule has 0 amide bonds. The van der Waals surface area contributed by atoms with Crippen molar-refractivity contribution in [3.8, 4) is 11.1 Å². The third-order valence-electron chi connectivity index (χ3n) is 3.66. The Bertz CT molecular complexity index is 864. The van der Waals surface area contributed by atoms with E-state index in [0.29, 0.717) is 16.8 Å². The maximum Gasteiger partial charge on any atom is 0.286 e. The fourth-order valence-electron chi connectivity index (χ4n) is 2.49. The van der Waals surface area contributed by atoms with Crippen LogP contribution in [-0.2, 0) is 0 Å². The molecule has 3 rings (SSSR count). The molecule has 0 spiro atoms. The van der Waals surface area contributed by atoms with Gasteiger partial charge < -0.3 is 0 Å². The first-order valence-electron chi connectivity index (χ1n) is 6.91. The Morgan fingerprint density at radius 3 is 2.50 bits per heavy atom. The number of allylic oxidation sites excluding steroid dienone is 1. The molecule has 0 N–H and O–H groups in total. The Labute approximate surface area is 140 Å². The highest BCUT2D eigenvalue weighted by atomic mass is 35.5. The minimum atomic E-state index is -2.78. The van der Waals surface area contributed by atoms with E-state index in [-0.39, 0.29) is 5.02 Å². The number of hydrogen-bond donors (Lipinski definition) is 0. The highest BCUT2D eigenvalue weighted by Crippen LogP contribution is 2.38. The molecular formula is C17H11ClF4N2+. The molecular weight excluding hydrogens is 344 g/mol. The lowest BCUT2D eigenvalue weighted by atomic mass is 10.0. The molecule has 1 radical (unpaired) electrons. The molecule has 123 valence electrons. The first-order chi connectivity index (χ1) is 11.3. The highest BCUT2D eigenvalue weighted by Gasteiger charge is 2.34. The summed E-state index contributed by atoms with van der Waals surface area (Å²) in [5.74, 6) is -1.13. The molecule has 2 aromatic rings. The first-order valence-corrected chi connectivity index (χ1v) is 7.29. The fraction of sp³-hybridized carbons (Fsp3) is 0.118. The monoisotopic (exact) mass is 354 g/mol. The van der Waals surface area contributed by atoms with E-state index in [2.05, 4.69) is 11.2 Å². The molecule has 0 saturated carbocycles. The molecule has 0 bridgehead atoms. The van der Waals surface area contributed by atoms with Crippen molar-refractivity contribution in [2.24, 2.45) is 5.10 Å². The van der Waals surface area contributed by atoms with E-state index in [1.165, 1.54) is 49.6 Å². The van der Waals surface area contributed by atoms with E-state index in [1.54, 1.807) is 0 Å². The average molecular weight is 355 g/mol. The van der Waals surface area contributed by atoms with Crippen LogP contribution >= 0.6 is 11.6 Å². The van der Waals surface area contributed by atoms with Crippen LogP contribution in [0.4, 0.5) is 23.2 Å². The molecule has 1 aliphatic rings. The van der Waals surface area contributed by atoms with Crippen molar-refractivity contribution in [1.29, 1.82) is 0 Å². The zero-order chi connectivity index (χ0) is 17.5. The number of rotatable bonds is 3. The summed E-state index contributed by atoms with van der Waals surface area (Å²) >= 11 is 5.81. The quantitative estimate of drug-likeness (QED) is 0.532. The lowest BCUT2D eigenvalue weighted by Gasteiger charge is -2.23. The van der Waals surface area contributed by atoms with Gasteiger partial charge in [-0.3, -0.25) is 0 Å². The summed E-state index contributed by atoms with van der Waals surface area (Å²) in [4.78, 5) is 0. The topological polar surface area (TPSA) is 12.4 Å².